The molecule has 4 nitrogen and oxygen atoms in total. The summed E-state index contributed by atoms with van der Waals surface area (Å²) < 4.78 is 2.17. The van der Waals surface area contributed by atoms with Crippen LogP contribution in [0.25, 0.3) is 0 Å². The zero-order valence-electron chi connectivity index (χ0n) is 11.2. The zero-order valence-corrected chi connectivity index (χ0v) is 12.0. The molecule has 0 saturated carbocycles. The van der Waals surface area contributed by atoms with Crippen molar-refractivity contribution in [3.05, 3.63) is 40.1 Å². The van der Waals surface area contributed by atoms with Crippen molar-refractivity contribution in [1.82, 2.24) is 15.0 Å². The molecule has 1 aliphatic rings. The number of aryl methyl sites for hydroxylation is 2. The van der Waals surface area contributed by atoms with Crippen molar-refractivity contribution in [3.8, 4) is 0 Å². The lowest BCUT2D eigenvalue weighted by Crippen LogP contribution is -2.35. The molecule has 5 heteroatoms. The summed E-state index contributed by atoms with van der Waals surface area (Å²) in [5, 5.41) is 2.20. The monoisotopic (exact) mass is 276 g/mol. The number of aromatic nitrogens is 2. The van der Waals surface area contributed by atoms with Gasteiger partial charge in [0.2, 0.25) is 0 Å². The maximum absolute atomic E-state index is 5.84. The number of imidazole rings is 1. The second-order valence-electron chi connectivity index (χ2n) is 5.01. The molecule has 0 spiro atoms. The number of nitrogens with two attached hydrogens (primary N) is 1. The van der Waals surface area contributed by atoms with Crippen LogP contribution in [0.5, 0.6) is 0 Å². The predicted octanol–water partition coefficient (Wildman–Crippen LogP) is 2.59. The summed E-state index contributed by atoms with van der Waals surface area (Å²) in [7, 11) is 0. The van der Waals surface area contributed by atoms with Crippen LogP contribution in [0.1, 0.15) is 48.0 Å². The third-order valence-electron chi connectivity index (χ3n) is 4.05. The van der Waals surface area contributed by atoms with Gasteiger partial charge in [-0.05, 0) is 43.2 Å². The molecule has 0 amide bonds. The summed E-state index contributed by atoms with van der Waals surface area (Å²) in [6.45, 7) is 3.06. The Labute approximate surface area is 117 Å². The Hall–Kier alpha value is -1.17. The van der Waals surface area contributed by atoms with Crippen LogP contribution in [0.3, 0.4) is 0 Å². The van der Waals surface area contributed by atoms with Crippen LogP contribution in [0.2, 0.25) is 0 Å². The van der Waals surface area contributed by atoms with E-state index < -0.39 is 0 Å². The smallest absolute Gasteiger partial charge is 0.127 e. The lowest BCUT2D eigenvalue weighted by Gasteiger charge is -2.30. The highest BCUT2D eigenvalue weighted by Gasteiger charge is 2.31. The van der Waals surface area contributed by atoms with Crippen molar-refractivity contribution in [2.45, 2.75) is 44.7 Å². The normalized spacial score (nSPS) is 20.2. The van der Waals surface area contributed by atoms with Crippen LogP contribution in [0.4, 0.5) is 0 Å². The topological polar surface area (TPSA) is 55.9 Å². The third-order valence-corrected chi connectivity index (χ3v) is 5.04. The minimum Gasteiger partial charge on any atom is -0.334 e. The number of fused-ring (bicyclic) bond motifs is 1. The lowest BCUT2D eigenvalue weighted by molar-refractivity contribution is 0.384. The van der Waals surface area contributed by atoms with Crippen molar-refractivity contribution < 1.29 is 0 Å². The first-order valence-electron chi connectivity index (χ1n) is 6.88. The summed E-state index contributed by atoms with van der Waals surface area (Å²) in [6.07, 6.45) is 7.51. The minimum absolute atomic E-state index is 0.101. The van der Waals surface area contributed by atoms with Gasteiger partial charge < -0.3 is 4.57 Å². The maximum atomic E-state index is 5.84. The molecule has 2 atom stereocenters. The van der Waals surface area contributed by atoms with Gasteiger partial charge in [0.05, 0.1) is 6.04 Å². The van der Waals surface area contributed by atoms with Crippen LogP contribution in [-0.2, 0) is 13.0 Å². The van der Waals surface area contributed by atoms with E-state index in [2.05, 4.69) is 33.3 Å². The summed E-state index contributed by atoms with van der Waals surface area (Å²) in [4.78, 5) is 6.03. The Bertz CT molecular complexity index is 545. The first-order chi connectivity index (χ1) is 9.35. The molecule has 0 saturated heterocycles. The van der Waals surface area contributed by atoms with Crippen molar-refractivity contribution in [2.24, 2.45) is 5.84 Å². The maximum Gasteiger partial charge on any atom is 0.127 e. The summed E-state index contributed by atoms with van der Waals surface area (Å²) in [5.41, 5.74) is 4.46. The van der Waals surface area contributed by atoms with Gasteiger partial charge in [-0.25, -0.2) is 10.4 Å². The SMILES string of the molecule is CCn1ccnc1C(NN)C1CCCc2sccc21. The Balaban J connectivity index is 1.96. The molecular formula is C14H20N4S. The highest BCUT2D eigenvalue weighted by atomic mass is 32.1. The summed E-state index contributed by atoms with van der Waals surface area (Å²) in [5.74, 6) is 7.33. The standard InChI is InChI=1S/C14H20N4S/c1-2-18-8-7-16-14(18)13(17-15)11-4-3-5-12-10(11)6-9-19-12/h6-9,11,13,17H,2-5,15H2,1H3. The molecule has 0 aliphatic heterocycles. The molecule has 2 aromatic rings. The predicted molar refractivity (Wildman–Crippen MR) is 78.0 cm³/mol. The highest BCUT2D eigenvalue weighted by Crippen LogP contribution is 2.41. The van der Waals surface area contributed by atoms with Crippen molar-refractivity contribution in [3.63, 3.8) is 0 Å². The van der Waals surface area contributed by atoms with E-state index >= 15 is 0 Å². The molecule has 2 unspecified atom stereocenters. The summed E-state index contributed by atoms with van der Waals surface area (Å²) >= 11 is 1.87. The number of nitrogens with one attached hydrogen (secondary N) is 1. The molecule has 0 aromatic carbocycles. The molecule has 0 radical (unpaired) electrons. The summed E-state index contributed by atoms with van der Waals surface area (Å²) in [6, 6.07) is 2.36. The van der Waals surface area contributed by atoms with Crippen molar-refractivity contribution in [2.75, 3.05) is 0 Å². The van der Waals surface area contributed by atoms with Crippen LogP contribution in [0.15, 0.2) is 23.8 Å². The number of hydrogen-bond donors (Lipinski definition) is 2. The molecule has 19 heavy (non-hydrogen) atoms. The molecule has 3 rings (SSSR count). The van der Waals surface area contributed by atoms with E-state index in [4.69, 9.17) is 5.84 Å². The van der Waals surface area contributed by atoms with E-state index in [-0.39, 0.29) is 6.04 Å². The van der Waals surface area contributed by atoms with Gasteiger partial charge in [0, 0.05) is 29.7 Å². The number of thiophene rings is 1. The second-order valence-corrected chi connectivity index (χ2v) is 6.01. The fourth-order valence-corrected chi connectivity index (χ4v) is 4.10. The zero-order chi connectivity index (χ0) is 13.2. The highest BCUT2D eigenvalue weighted by molar-refractivity contribution is 7.10. The Morgan fingerprint density at radius 2 is 2.53 bits per heavy atom. The van der Waals surface area contributed by atoms with E-state index in [9.17, 15) is 0 Å². The van der Waals surface area contributed by atoms with Gasteiger partial charge in [0.1, 0.15) is 5.82 Å². The largest absolute Gasteiger partial charge is 0.334 e. The molecule has 3 N–H and O–H groups in total. The average Bonchev–Trinajstić information content (AvgIpc) is 3.08. The van der Waals surface area contributed by atoms with Crippen molar-refractivity contribution in [1.29, 1.82) is 0 Å². The Kier molecular flexibility index (Phi) is 3.68. The third kappa shape index (κ3) is 2.22. The van der Waals surface area contributed by atoms with E-state index in [0.29, 0.717) is 5.92 Å². The van der Waals surface area contributed by atoms with Gasteiger partial charge in [0.15, 0.2) is 0 Å². The molecule has 2 heterocycles. The average molecular weight is 276 g/mol. The lowest BCUT2D eigenvalue weighted by atomic mass is 9.82. The van der Waals surface area contributed by atoms with Gasteiger partial charge in [-0.3, -0.25) is 5.84 Å². The Morgan fingerprint density at radius 3 is 3.32 bits per heavy atom. The van der Waals surface area contributed by atoms with E-state index in [0.717, 1.165) is 12.4 Å². The number of rotatable bonds is 4. The van der Waals surface area contributed by atoms with Gasteiger partial charge >= 0.3 is 0 Å². The van der Waals surface area contributed by atoms with Crippen LogP contribution < -0.4 is 11.3 Å². The van der Waals surface area contributed by atoms with E-state index in [1.165, 1.54) is 29.7 Å². The van der Waals surface area contributed by atoms with Crippen LogP contribution in [0, 0.1) is 0 Å². The first kappa shape index (κ1) is 12.8. The van der Waals surface area contributed by atoms with Gasteiger partial charge in [0.25, 0.3) is 0 Å². The number of hydrazine groups is 1. The van der Waals surface area contributed by atoms with Crippen LogP contribution >= 0.6 is 11.3 Å². The van der Waals surface area contributed by atoms with Gasteiger partial charge in [-0.15, -0.1) is 11.3 Å². The Morgan fingerprint density at radius 1 is 1.63 bits per heavy atom. The number of nitrogens with zero attached hydrogens (tertiary/aromatic N) is 2. The molecule has 1 aliphatic carbocycles. The first-order valence-corrected chi connectivity index (χ1v) is 7.76. The quantitative estimate of drug-likeness (QED) is 0.666. The molecule has 2 aromatic heterocycles. The fraction of sp³-hybridized carbons (Fsp3) is 0.500. The molecular weight excluding hydrogens is 256 g/mol. The number of hydrogen-bond acceptors (Lipinski definition) is 4. The second kappa shape index (κ2) is 5.45. The molecule has 0 fully saturated rings. The van der Waals surface area contributed by atoms with Gasteiger partial charge in [-0.2, -0.15) is 0 Å². The van der Waals surface area contributed by atoms with E-state index in [1.807, 2.05) is 23.7 Å². The fourth-order valence-electron chi connectivity index (χ4n) is 3.11. The molecule has 102 valence electrons. The van der Waals surface area contributed by atoms with Crippen LogP contribution in [-0.4, -0.2) is 9.55 Å². The van der Waals surface area contributed by atoms with Crippen molar-refractivity contribution >= 4 is 11.3 Å². The molecule has 0 bridgehead atoms. The van der Waals surface area contributed by atoms with E-state index in [1.54, 1.807) is 0 Å². The minimum atomic E-state index is 0.101. The van der Waals surface area contributed by atoms with Gasteiger partial charge in [-0.1, -0.05) is 0 Å².